The quantitative estimate of drug-likeness (QED) is 0.929. The summed E-state index contributed by atoms with van der Waals surface area (Å²) in [4.78, 5) is 8.52. The molecular weight excluding hydrogens is 266 g/mol. The van der Waals surface area contributed by atoms with Crippen molar-refractivity contribution in [2.45, 2.75) is 39.2 Å². The Kier molecular flexibility index (Phi) is 3.76. The molecule has 0 saturated heterocycles. The first-order chi connectivity index (χ1) is 9.70. The van der Waals surface area contributed by atoms with Crippen LogP contribution in [0.15, 0.2) is 24.3 Å². The van der Waals surface area contributed by atoms with E-state index in [9.17, 15) is 0 Å². The van der Waals surface area contributed by atoms with Crippen LogP contribution in [0.4, 0.5) is 10.8 Å². The van der Waals surface area contributed by atoms with Crippen LogP contribution in [-0.4, -0.2) is 11.5 Å². The van der Waals surface area contributed by atoms with Gasteiger partial charge in [0.1, 0.15) is 0 Å². The van der Waals surface area contributed by atoms with Gasteiger partial charge in [-0.3, -0.25) is 0 Å². The van der Waals surface area contributed by atoms with Crippen molar-refractivity contribution in [3.05, 3.63) is 40.4 Å². The van der Waals surface area contributed by atoms with Crippen molar-refractivity contribution in [1.82, 2.24) is 4.98 Å². The Balaban J connectivity index is 2.00. The largest absolute Gasteiger partial charge is 0.323 e. The van der Waals surface area contributed by atoms with Gasteiger partial charge in [0, 0.05) is 23.2 Å². The van der Waals surface area contributed by atoms with Gasteiger partial charge in [-0.15, -0.1) is 11.3 Å². The summed E-state index contributed by atoms with van der Waals surface area (Å²) in [6.45, 7) is 5.25. The molecule has 1 heterocycles. The summed E-state index contributed by atoms with van der Waals surface area (Å²) in [5.41, 5.74) is 9.85. The summed E-state index contributed by atoms with van der Waals surface area (Å²) in [7, 11) is 0. The number of para-hydroxylation sites is 1. The summed E-state index contributed by atoms with van der Waals surface area (Å²) in [6, 6.07) is 8.61. The molecule has 1 aliphatic carbocycles. The molecule has 0 aliphatic heterocycles. The van der Waals surface area contributed by atoms with Crippen molar-refractivity contribution in [3.63, 3.8) is 0 Å². The molecule has 0 saturated carbocycles. The van der Waals surface area contributed by atoms with E-state index in [1.165, 1.54) is 22.5 Å². The predicted octanol–water partition coefficient (Wildman–Crippen LogP) is 3.95. The molecule has 0 radical (unpaired) electrons. The maximum absolute atomic E-state index is 6.20. The number of nitrogens with two attached hydrogens (primary N) is 1. The van der Waals surface area contributed by atoms with Crippen LogP contribution < -0.4 is 10.6 Å². The minimum atomic E-state index is 0.124. The van der Waals surface area contributed by atoms with Crippen LogP contribution in [0.1, 0.15) is 41.9 Å². The molecule has 106 valence electrons. The maximum atomic E-state index is 6.20. The van der Waals surface area contributed by atoms with Gasteiger partial charge in [0.2, 0.25) is 0 Å². The molecule has 1 aromatic carbocycles. The van der Waals surface area contributed by atoms with Gasteiger partial charge in [-0.05, 0) is 44.7 Å². The third kappa shape index (κ3) is 2.34. The average molecular weight is 287 g/mol. The highest BCUT2D eigenvalue weighted by atomic mass is 32.1. The van der Waals surface area contributed by atoms with Crippen molar-refractivity contribution >= 4 is 22.2 Å². The number of benzene rings is 1. The topological polar surface area (TPSA) is 42.2 Å². The molecule has 2 N–H and O–H groups in total. The lowest BCUT2D eigenvalue weighted by Crippen LogP contribution is -2.18. The first kappa shape index (κ1) is 13.6. The van der Waals surface area contributed by atoms with Crippen LogP contribution in [0.2, 0.25) is 0 Å². The number of aryl methyl sites for hydroxylation is 2. The zero-order valence-electron chi connectivity index (χ0n) is 12.1. The highest BCUT2D eigenvalue weighted by Gasteiger charge is 2.24. The van der Waals surface area contributed by atoms with Gasteiger partial charge in [0.25, 0.3) is 0 Å². The summed E-state index contributed by atoms with van der Waals surface area (Å²) >= 11 is 1.81. The molecule has 3 nitrogen and oxygen atoms in total. The maximum Gasteiger partial charge on any atom is 0.190 e. The lowest BCUT2D eigenvalue weighted by molar-refractivity contribution is 0.563. The molecule has 0 fully saturated rings. The fourth-order valence-corrected chi connectivity index (χ4v) is 4.08. The first-order valence-corrected chi connectivity index (χ1v) is 8.10. The van der Waals surface area contributed by atoms with E-state index in [-0.39, 0.29) is 6.04 Å². The van der Waals surface area contributed by atoms with Crippen molar-refractivity contribution in [2.75, 3.05) is 11.4 Å². The first-order valence-electron chi connectivity index (χ1n) is 7.29. The number of aromatic nitrogens is 1. The molecule has 4 heteroatoms. The number of nitrogens with zero attached hydrogens (tertiary/aromatic N) is 2. The Bertz CT molecular complexity index is 606. The lowest BCUT2D eigenvalue weighted by atomic mass is 9.99. The third-order valence-corrected chi connectivity index (χ3v) is 5.09. The number of anilines is 2. The highest BCUT2D eigenvalue weighted by Crippen LogP contribution is 2.38. The average Bonchev–Trinajstić information content (AvgIpc) is 2.87. The Hall–Kier alpha value is -1.39. The molecule has 20 heavy (non-hydrogen) atoms. The Morgan fingerprint density at radius 2 is 2.20 bits per heavy atom. The van der Waals surface area contributed by atoms with Gasteiger partial charge in [-0.2, -0.15) is 0 Å². The van der Waals surface area contributed by atoms with E-state index in [0.29, 0.717) is 0 Å². The van der Waals surface area contributed by atoms with Gasteiger partial charge in [-0.25, -0.2) is 4.98 Å². The fraction of sp³-hybridized carbons (Fsp3) is 0.438. The van der Waals surface area contributed by atoms with Gasteiger partial charge in [0.15, 0.2) is 5.13 Å². The second kappa shape index (κ2) is 5.54. The standard InChI is InChI=1S/C16H21N3S/c1-3-19(13-9-5-4-7-11(13)2)16-18-15-12(17)8-6-10-14(15)20-16/h4-5,7,9,12H,3,6,8,10,17H2,1-2H3. The number of hydrogen-bond acceptors (Lipinski definition) is 4. The van der Waals surface area contributed by atoms with Crippen molar-refractivity contribution in [2.24, 2.45) is 5.73 Å². The Morgan fingerprint density at radius 1 is 1.40 bits per heavy atom. The van der Waals surface area contributed by atoms with Crippen molar-refractivity contribution in [1.29, 1.82) is 0 Å². The Labute approximate surface area is 124 Å². The zero-order valence-corrected chi connectivity index (χ0v) is 12.9. The third-order valence-electron chi connectivity index (χ3n) is 3.94. The van der Waals surface area contributed by atoms with E-state index in [4.69, 9.17) is 10.7 Å². The van der Waals surface area contributed by atoms with Crippen molar-refractivity contribution < 1.29 is 0 Å². The van der Waals surface area contributed by atoms with E-state index in [2.05, 4.69) is 43.0 Å². The van der Waals surface area contributed by atoms with Crippen LogP contribution in [0.25, 0.3) is 0 Å². The normalized spacial score (nSPS) is 17.9. The Morgan fingerprint density at radius 3 is 2.90 bits per heavy atom. The molecule has 0 amide bonds. The molecular formula is C16H21N3S. The minimum Gasteiger partial charge on any atom is -0.323 e. The number of thiazole rings is 1. The van der Waals surface area contributed by atoms with E-state index in [1.807, 2.05) is 11.3 Å². The monoisotopic (exact) mass is 287 g/mol. The summed E-state index contributed by atoms with van der Waals surface area (Å²) in [5.74, 6) is 0. The van der Waals surface area contributed by atoms with Gasteiger partial charge < -0.3 is 10.6 Å². The molecule has 1 aromatic heterocycles. The van der Waals surface area contributed by atoms with E-state index in [0.717, 1.165) is 30.2 Å². The molecule has 0 spiro atoms. The highest BCUT2D eigenvalue weighted by molar-refractivity contribution is 7.15. The van der Waals surface area contributed by atoms with Crippen LogP contribution >= 0.6 is 11.3 Å². The number of hydrogen-bond donors (Lipinski definition) is 1. The molecule has 0 bridgehead atoms. The van der Waals surface area contributed by atoms with Gasteiger partial charge in [-0.1, -0.05) is 18.2 Å². The number of rotatable bonds is 3. The minimum absolute atomic E-state index is 0.124. The van der Waals surface area contributed by atoms with Gasteiger partial charge >= 0.3 is 0 Å². The second-order valence-electron chi connectivity index (χ2n) is 5.33. The van der Waals surface area contributed by atoms with Crippen LogP contribution in [0.5, 0.6) is 0 Å². The zero-order chi connectivity index (χ0) is 14.1. The van der Waals surface area contributed by atoms with Crippen molar-refractivity contribution in [3.8, 4) is 0 Å². The lowest BCUT2D eigenvalue weighted by Gasteiger charge is -2.22. The summed E-state index contributed by atoms with van der Waals surface area (Å²) < 4.78 is 0. The van der Waals surface area contributed by atoms with E-state index >= 15 is 0 Å². The summed E-state index contributed by atoms with van der Waals surface area (Å²) in [6.07, 6.45) is 3.38. The fourth-order valence-electron chi connectivity index (χ4n) is 2.83. The molecule has 1 unspecified atom stereocenters. The molecule has 3 rings (SSSR count). The SMILES string of the molecule is CCN(c1nc2c(s1)CCCC2N)c1ccccc1C. The molecule has 1 atom stereocenters. The summed E-state index contributed by atoms with van der Waals surface area (Å²) in [5, 5.41) is 1.09. The van der Waals surface area contributed by atoms with Gasteiger partial charge in [0.05, 0.1) is 5.69 Å². The van der Waals surface area contributed by atoms with Crippen LogP contribution in [0.3, 0.4) is 0 Å². The predicted molar refractivity (Wildman–Crippen MR) is 85.8 cm³/mol. The number of fused-ring (bicyclic) bond motifs is 1. The van der Waals surface area contributed by atoms with E-state index in [1.54, 1.807) is 0 Å². The smallest absolute Gasteiger partial charge is 0.190 e. The molecule has 1 aliphatic rings. The molecule has 2 aromatic rings. The van der Waals surface area contributed by atoms with Crippen LogP contribution in [-0.2, 0) is 6.42 Å². The van der Waals surface area contributed by atoms with Crippen LogP contribution in [0, 0.1) is 6.92 Å². The van der Waals surface area contributed by atoms with E-state index < -0.39 is 0 Å². The second-order valence-corrected chi connectivity index (χ2v) is 6.40.